The summed E-state index contributed by atoms with van der Waals surface area (Å²) in [6, 6.07) is 1.66. The zero-order valence-corrected chi connectivity index (χ0v) is 14.2. The summed E-state index contributed by atoms with van der Waals surface area (Å²) in [4.78, 5) is 0. The van der Waals surface area contributed by atoms with Crippen molar-refractivity contribution in [2.75, 3.05) is 0 Å². The first-order chi connectivity index (χ1) is 9.99. The number of hydrogen-bond donors (Lipinski definition) is 1. The lowest BCUT2D eigenvalue weighted by molar-refractivity contribution is 0.0783. The Balaban J connectivity index is 1.37. The molecule has 0 heterocycles. The highest BCUT2D eigenvalue weighted by molar-refractivity contribution is 5.14. The Morgan fingerprint density at radius 2 is 1.71 bits per heavy atom. The maximum atomic E-state index is 4.28. The van der Waals surface area contributed by atoms with Gasteiger partial charge in [0.1, 0.15) is 0 Å². The summed E-state index contributed by atoms with van der Waals surface area (Å²) in [5.41, 5.74) is 1.13. The molecule has 5 aliphatic rings. The fourth-order valence-electron chi connectivity index (χ4n) is 8.19. The van der Waals surface area contributed by atoms with E-state index in [1.54, 1.807) is 19.3 Å². The van der Waals surface area contributed by atoms with Crippen molar-refractivity contribution < 1.29 is 0 Å². The maximum absolute atomic E-state index is 4.28. The highest BCUT2D eigenvalue weighted by atomic mass is 15.0. The SMILES string of the molecule is CC12CCC(C1)C(C)(C)C2NC1CC2CC1C1CCCC21. The summed E-state index contributed by atoms with van der Waals surface area (Å²) in [6.07, 6.45) is 12.2. The summed E-state index contributed by atoms with van der Waals surface area (Å²) in [5.74, 6) is 5.36. The third-order valence-electron chi connectivity index (χ3n) is 9.08. The van der Waals surface area contributed by atoms with Gasteiger partial charge in [0.25, 0.3) is 0 Å². The first-order valence-electron chi connectivity index (χ1n) is 9.75. The number of fused-ring (bicyclic) bond motifs is 7. The van der Waals surface area contributed by atoms with E-state index in [0.717, 1.165) is 41.7 Å². The van der Waals surface area contributed by atoms with Gasteiger partial charge in [0.2, 0.25) is 0 Å². The minimum Gasteiger partial charge on any atom is -0.310 e. The van der Waals surface area contributed by atoms with Gasteiger partial charge in [0, 0.05) is 12.1 Å². The summed E-state index contributed by atoms with van der Waals surface area (Å²) >= 11 is 0. The molecule has 0 radical (unpaired) electrons. The normalized spacial score (nSPS) is 59.9. The minimum absolute atomic E-state index is 0.532. The molecule has 4 bridgehead atoms. The molecule has 21 heavy (non-hydrogen) atoms. The van der Waals surface area contributed by atoms with Crippen molar-refractivity contribution in [1.82, 2.24) is 5.32 Å². The molecule has 5 fully saturated rings. The molecule has 0 spiro atoms. The molecule has 0 aliphatic heterocycles. The van der Waals surface area contributed by atoms with E-state index in [1.807, 2.05) is 0 Å². The zero-order valence-electron chi connectivity index (χ0n) is 14.2. The van der Waals surface area contributed by atoms with E-state index in [1.165, 1.54) is 32.1 Å². The van der Waals surface area contributed by atoms with Gasteiger partial charge in [-0.1, -0.05) is 27.2 Å². The largest absolute Gasteiger partial charge is 0.310 e. The second kappa shape index (κ2) is 4.08. The molecule has 0 amide bonds. The molecule has 5 aliphatic carbocycles. The maximum Gasteiger partial charge on any atom is 0.0177 e. The topological polar surface area (TPSA) is 12.0 Å². The molecule has 8 atom stereocenters. The van der Waals surface area contributed by atoms with Crippen LogP contribution in [-0.4, -0.2) is 12.1 Å². The van der Waals surface area contributed by atoms with Crippen LogP contribution in [0.25, 0.3) is 0 Å². The van der Waals surface area contributed by atoms with Crippen LogP contribution in [0.4, 0.5) is 0 Å². The van der Waals surface area contributed by atoms with E-state index in [4.69, 9.17) is 0 Å². The molecule has 0 aromatic rings. The third kappa shape index (κ3) is 1.62. The van der Waals surface area contributed by atoms with Gasteiger partial charge in [-0.3, -0.25) is 0 Å². The predicted octanol–water partition coefficient (Wildman–Crippen LogP) is 4.62. The van der Waals surface area contributed by atoms with Crippen LogP contribution in [0, 0.1) is 40.4 Å². The standard InChI is InChI=1S/C20H33N/c1-19(2)13-7-8-20(3,11-13)18(19)21-17-10-12-9-16(17)15-6-4-5-14(12)15/h12-18,21H,4-11H2,1-3H3. The van der Waals surface area contributed by atoms with Crippen LogP contribution in [0.5, 0.6) is 0 Å². The van der Waals surface area contributed by atoms with Gasteiger partial charge >= 0.3 is 0 Å². The van der Waals surface area contributed by atoms with Crippen LogP contribution in [-0.2, 0) is 0 Å². The quantitative estimate of drug-likeness (QED) is 0.781. The van der Waals surface area contributed by atoms with Gasteiger partial charge in [-0.25, -0.2) is 0 Å². The fourth-order valence-corrected chi connectivity index (χ4v) is 8.19. The number of rotatable bonds is 2. The summed E-state index contributed by atoms with van der Waals surface area (Å²) in [6.45, 7) is 7.71. The minimum atomic E-state index is 0.532. The van der Waals surface area contributed by atoms with E-state index in [0.29, 0.717) is 10.8 Å². The van der Waals surface area contributed by atoms with Gasteiger partial charge in [-0.15, -0.1) is 0 Å². The molecule has 0 aromatic heterocycles. The highest BCUT2D eigenvalue weighted by Crippen LogP contribution is 2.64. The lowest BCUT2D eigenvalue weighted by Crippen LogP contribution is -2.55. The second-order valence-corrected chi connectivity index (χ2v) is 10.3. The Morgan fingerprint density at radius 1 is 0.905 bits per heavy atom. The lowest BCUT2D eigenvalue weighted by Gasteiger charge is -2.46. The molecular formula is C20H33N. The van der Waals surface area contributed by atoms with Crippen LogP contribution in [0.15, 0.2) is 0 Å². The van der Waals surface area contributed by atoms with E-state index >= 15 is 0 Å². The molecule has 0 saturated heterocycles. The van der Waals surface area contributed by atoms with Crippen LogP contribution >= 0.6 is 0 Å². The van der Waals surface area contributed by atoms with E-state index in [-0.39, 0.29) is 0 Å². The van der Waals surface area contributed by atoms with Crippen LogP contribution in [0.3, 0.4) is 0 Å². The second-order valence-electron chi connectivity index (χ2n) is 10.3. The summed E-state index contributed by atoms with van der Waals surface area (Å²) < 4.78 is 0. The molecule has 1 N–H and O–H groups in total. The molecule has 5 saturated carbocycles. The average Bonchev–Trinajstić information content (AvgIpc) is 3.16. The van der Waals surface area contributed by atoms with Crippen LogP contribution in [0.1, 0.15) is 72.1 Å². The monoisotopic (exact) mass is 287 g/mol. The highest BCUT2D eigenvalue weighted by Gasteiger charge is 2.61. The van der Waals surface area contributed by atoms with Crippen molar-refractivity contribution in [2.45, 2.75) is 84.2 Å². The Hall–Kier alpha value is -0.0400. The molecule has 118 valence electrons. The van der Waals surface area contributed by atoms with Gasteiger partial charge in [-0.2, -0.15) is 0 Å². The Labute approximate surface area is 130 Å². The lowest BCUT2D eigenvalue weighted by atomic mass is 9.67. The molecule has 0 aromatic carbocycles. The van der Waals surface area contributed by atoms with Gasteiger partial charge < -0.3 is 5.32 Å². The average molecular weight is 287 g/mol. The molecule has 1 heteroatoms. The van der Waals surface area contributed by atoms with Crippen molar-refractivity contribution in [3.05, 3.63) is 0 Å². The predicted molar refractivity (Wildman–Crippen MR) is 87.0 cm³/mol. The molecule has 8 unspecified atom stereocenters. The van der Waals surface area contributed by atoms with Gasteiger partial charge in [0.05, 0.1) is 0 Å². The summed E-state index contributed by atoms with van der Waals surface area (Å²) in [5, 5.41) is 4.28. The zero-order chi connectivity index (χ0) is 14.4. The molecule has 5 rings (SSSR count). The van der Waals surface area contributed by atoms with E-state index < -0.39 is 0 Å². The Morgan fingerprint density at radius 3 is 2.48 bits per heavy atom. The van der Waals surface area contributed by atoms with Crippen molar-refractivity contribution in [1.29, 1.82) is 0 Å². The molecule has 1 nitrogen and oxygen atoms in total. The first-order valence-corrected chi connectivity index (χ1v) is 9.75. The smallest absolute Gasteiger partial charge is 0.0177 e. The van der Waals surface area contributed by atoms with Crippen LogP contribution < -0.4 is 5.32 Å². The number of nitrogens with one attached hydrogen (secondary N) is 1. The number of hydrogen-bond acceptors (Lipinski definition) is 1. The van der Waals surface area contributed by atoms with E-state index in [2.05, 4.69) is 26.1 Å². The van der Waals surface area contributed by atoms with Gasteiger partial charge in [0.15, 0.2) is 0 Å². The van der Waals surface area contributed by atoms with Crippen molar-refractivity contribution >= 4 is 0 Å². The molecular weight excluding hydrogens is 254 g/mol. The van der Waals surface area contributed by atoms with Crippen molar-refractivity contribution in [2.24, 2.45) is 40.4 Å². The van der Waals surface area contributed by atoms with Gasteiger partial charge in [-0.05, 0) is 85.4 Å². The fraction of sp³-hybridized carbons (Fsp3) is 1.00. The third-order valence-corrected chi connectivity index (χ3v) is 9.08. The van der Waals surface area contributed by atoms with Crippen molar-refractivity contribution in [3.8, 4) is 0 Å². The van der Waals surface area contributed by atoms with Crippen LogP contribution in [0.2, 0.25) is 0 Å². The Kier molecular flexibility index (Phi) is 2.60. The van der Waals surface area contributed by atoms with E-state index in [9.17, 15) is 0 Å². The van der Waals surface area contributed by atoms with Crippen molar-refractivity contribution in [3.63, 3.8) is 0 Å². The Bertz CT molecular complexity index is 450. The first kappa shape index (κ1) is 13.4. The summed E-state index contributed by atoms with van der Waals surface area (Å²) in [7, 11) is 0.